The van der Waals surface area contributed by atoms with Gasteiger partial charge in [-0.2, -0.15) is 5.10 Å². The number of carbonyl (C=O) groups is 1. The molecule has 1 aromatic heterocycles. The lowest BCUT2D eigenvalue weighted by Crippen LogP contribution is -2.33. The van der Waals surface area contributed by atoms with E-state index in [1.54, 1.807) is 4.90 Å². The van der Waals surface area contributed by atoms with E-state index in [2.05, 4.69) is 13.8 Å². The van der Waals surface area contributed by atoms with Gasteiger partial charge in [-0.15, -0.1) is 0 Å². The highest BCUT2D eigenvalue weighted by Gasteiger charge is 2.33. The lowest BCUT2D eigenvalue weighted by atomic mass is 9.99. The molecule has 1 amide bonds. The maximum Gasteiger partial charge on any atom is 0.266 e. The van der Waals surface area contributed by atoms with Gasteiger partial charge in [0.05, 0.1) is 22.4 Å². The largest absolute Gasteiger partial charge is 0.491 e. The lowest BCUT2D eigenvalue weighted by Gasteiger charge is -2.21. The van der Waals surface area contributed by atoms with Crippen LogP contribution in [-0.4, -0.2) is 37.6 Å². The van der Waals surface area contributed by atoms with Crippen LogP contribution in [-0.2, 0) is 4.79 Å². The van der Waals surface area contributed by atoms with Crippen LogP contribution < -0.4 is 4.74 Å². The highest BCUT2D eigenvalue weighted by Crippen LogP contribution is 2.36. The molecule has 1 aliphatic heterocycles. The lowest BCUT2D eigenvalue weighted by molar-refractivity contribution is -0.122. The second-order valence-corrected chi connectivity index (χ2v) is 11.3. The second-order valence-electron chi connectivity index (χ2n) is 9.61. The molecule has 0 saturated carbocycles. The number of benzene rings is 2. The van der Waals surface area contributed by atoms with Crippen LogP contribution in [0.4, 0.5) is 0 Å². The van der Waals surface area contributed by atoms with Gasteiger partial charge in [0, 0.05) is 23.9 Å². The quantitative estimate of drug-likeness (QED) is 0.186. The van der Waals surface area contributed by atoms with Crippen molar-refractivity contribution >= 4 is 40.3 Å². The molecule has 1 unspecified atom stereocenters. The summed E-state index contributed by atoms with van der Waals surface area (Å²) in [6.07, 6.45) is 8.52. The van der Waals surface area contributed by atoms with Crippen LogP contribution in [0.25, 0.3) is 23.0 Å². The number of thioether (sulfide) groups is 1. The first-order chi connectivity index (χ1) is 17.9. The Balaban J connectivity index is 1.66. The number of aromatic nitrogens is 2. The minimum Gasteiger partial charge on any atom is -0.491 e. The number of para-hydroxylation sites is 1. The van der Waals surface area contributed by atoms with Crippen molar-refractivity contribution in [3.05, 3.63) is 71.3 Å². The first kappa shape index (κ1) is 27.1. The van der Waals surface area contributed by atoms with Crippen molar-refractivity contribution in [1.29, 1.82) is 0 Å². The molecule has 1 saturated heterocycles. The normalized spacial score (nSPS) is 15.7. The summed E-state index contributed by atoms with van der Waals surface area (Å²) in [4.78, 5) is 15.9. The van der Waals surface area contributed by atoms with Crippen LogP contribution >= 0.6 is 24.0 Å². The fraction of sp³-hybridized carbons (Fsp3) is 0.367. The molecule has 2 aromatic carbocycles. The predicted octanol–water partition coefficient (Wildman–Crippen LogP) is 7.74. The average molecular weight is 534 g/mol. The highest BCUT2D eigenvalue weighted by atomic mass is 32.2. The van der Waals surface area contributed by atoms with Crippen molar-refractivity contribution < 1.29 is 9.53 Å². The van der Waals surface area contributed by atoms with Crippen LogP contribution in [0.3, 0.4) is 0 Å². The molecule has 4 rings (SSSR count). The molecule has 3 aromatic rings. The molecular weight excluding hydrogens is 498 g/mol. The van der Waals surface area contributed by atoms with Crippen molar-refractivity contribution in [3.63, 3.8) is 0 Å². The van der Waals surface area contributed by atoms with Crippen molar-refractivity contribution in [3.8, 4) is 22.7 Å². The van der Waals surface area contributed by atoms with Gasteiger partial charge in [0.15, 0.2) is 0 Å². The Morgan fingerprint density at radius 1 is 1.08 bits per heavy atom. The minimum atomic E-state index is -0.0101. The van der Waals surface area contributed by atoms with Crippen LogP contribution in [0.2, 0.25) is 0 Å². The van der Waals surface area contributed by atoms with Gasteiger partial charge in [-0.1, -0.05) is 75.3 Å². The van der Waals surface area contributed by atoms with E-state index in [0.29, 0.717) is 21.7 Å². The summed E-state index contributed by atoms with van der Waals surface area (Å²) in [5.41, 5.74) is 3.59. The summed E-state index contributed by atoms with van der Waals surface area (Å²) in [7, 11) is 0. The summed E-state index contributed by atoms with van der Waals surface area (Å²) >= 11 is 7.02. The van der Waals surface area contributed by atoms with E-state index in [9.17, 15) is 4.79 Å². The number of hydrogen-bond donors (Lipinski definition) is 0. The molecule has 5 nitrogen and oxygen atoms in total. The van der Waals surface area contributed by atoms with E-state index in [1.165, 1.54) is 18.2 Å². The molecule has 1 atom stereocenters. The molecule has 0 aliphatic carbocycles. The number of hydrogen-bond acceptors (Lipinski definition) is 5. The zero-order valence-corrected chi connectivity index (χ0v) is 23.6. The maximum atomic E-state index is 13.4. The maximum absolute atomic E-state index is 13.4. The number of rotatable bonds is 11. The molecule has 194 valence electrons. The van der Waals surface area contributed by atoms with Gasteiger partial charge >= 0.3 is 0 Å². The topological polar surface area (TPSA) is 47.4 Å². The molecule has 1 fully saturated rings. The molecule has 2 heterocycles. The van der Waals surface area contributed by atoms with Gasteiger partial charge in [-0.05, 0) is 68.7 Å². The molecule has 0 N–H and O–H groups in total. The standard InChI is InChI=1S/C30H35N3O2S2/c1-5-7-11-22(6-2)19-32-29(34)27(37-30(32)36)18-24-20-33(25-12-9-8-10-13-25)31-28(24)23-14-16-26(17-15-23)35-21(3)4/h8-10,12-18,20-22H,5-7,11,19H2,1-4H3/b27-18+. The minimum absolute atomic E-state index is 0.0101. The number of amides is 1. The fourth-order valence-electron chi connectivity index (χ4n) is 4.37. The van der Waals surface area contributed by atoms with E-state index in [-0.39, 0.29) is 12.0 Å². The third kappa shape index (κ3) is 6.70. The van der Waals surface area contributed by atoms with Gasteiger partial charge in [0.1, 0.15) is 10.1 Å². The van der Waals surface area contributed by atoms with Crippen molar-refractivity contribution in [2.45, 2.75) is 59.5 Å². The van der Waals surface area contributed by atoms with Gasteiger partial charge in [-0.25, -0.2) is 4.68 Å². The fourth-order valence-corrected chi connectivity index (χ4v) is 5.63. The third-order valence-corrected chi connectivity index (χ3v) is 7.78. The number of carbonyl (C=O) groups excluding carboxylic acids is 1. The number of ether oxygens (including phenoxy) is 1. The monoisotopic (exact) mass is 533 g/mol. The molecule has 37 heavy (non-hydrogen) atoms. The Morgan fingerprint density at radius 3 is 2.46 bits per heavy atom. The van der Waals surface area contributed by atoms with Gasteiger partial charge in [-0.3, -0.25) is 9.69 Å². The number of thiocarbonyl (C=S) groups is 1. The average Bonchev–Trinajstić information content (AvgIpc) is 3.43. The summed E-state index contributed by atoms with van der Waals surface area (Å²) in [5.74, 6) is 1.27. The summed E-state index contributed by atoms with van der Waals surface area (Å²) in [6, 6.07) is 17.9. The van der Waals surface area contributed by atoms with Crippen LogP contribution in [0.15, 0.2) is 65.7 Å². The molecule has 0 spiro atoms. The van der Waals surface area contributed by atoms with E-state index < -0.39 is 0 Å². The first-order valence-electron chi connectivity index (χ1n) is 13.1. The van der Waals surface area contributed by atoms with Crippen LogP contribution in [0.5, 0.6) is 5.75 Å². The molecular formula is C30H35N3O2S2. The van der Waals surface area contributed by atoms with E-state index in [0.717, 1.165) is 47.5 Å². The van der Waals surface area contributed by atoms with Gasteiger partial charge < -0.3 is 4.74 Å². The highest BCUT2D eigenvalue weighted by molar-refractivity contribution is 8.26. The Kier molecular flexibility index (Phi) is 9.22. The first-order valence-corrected chi connectivity index (χ1v) is 14.3. The van der Waals surface area contributed by atoms with E-state index in [1.807, 2.05) is 85.4 Å². The molecule has 7 heteroatoms. The summed E-state index contributed by atoms with van der Waals surface area (Å²) < 4.78 is 8.31. The van der Waals surface area contributed by atoms with Crippen LogP contribution in [0.1, 0.15) is 58.9 Å². The summed E-state index contributed by atoms with van der Waals surface area (Å²) in [5, 5.41) is 4.91. The van der Waals surface area contributed by atoms with Crippen LogP contribution in [0, 0.1) is 5.92 Å². The Labute approximate surface area is 229 Å². The van der Waals surface area contributed by atoms with Crippen molar-refractivity contribution in [2.75, 3.05) is 6.54 Å². The number of unbranched alkanes of at least 4 members (excludes halogenated alkanes) is 1. The Morgan fingerprint density at radius 2 is 1.81 bits per heavy atom. The Hall–Kier alpha value is -2.90. The number of nitrogens with zero attached hydrogens (tertiary/aromatic N) is 3. The smallest absolute Gasteiger partial charge is 0.266 e. The van der Waals surface area contributed by atoms with Crippen molar-refractivity contribution in [2.24, 2.45) is 5.92 Å². The second kappa shape index (κ2) is 12.6. The predicted molar refractivity (Wildman–Crippen MR) is 158 cm³/mol. The molecule has 0 radical (unpaired) electrons. The van der Waals surface area contributed by atoms with Gasteiger partial charge in [0.2, 0.25) is 0 Å². The zero-order valence-electron chi connectivity index (χ0n) is 22.0. The molecule has 0 bridgehead atoms. The summed E-state index contributed by atoms with van der Waals surface area (Å²) in [6.45, 7) is 9.10. The van der Waals surface area contributed by atoms with E-state index in [4.69, 9.17) is 22.1 Å². The molecule has 1 aliphatic rings. The van der Waals surface area contributed by atoms with E-state index >= 15 is 0 Å². The zero-order chi connectivity index (χ0) is 26.4. The van der Waals surface area contributed by atoms with Gasteiger partial charge in [0.25, 0.3) is 5.91 Å². The Bertz CT molecular complexity index is 1250. The third-order valence-electron chi connectivity index (χ3n) is 6.41. The SMILES string of the molecule is CCCCC(CC)CN1C(=O)/C(=C\c2cn(-c3ccccc3)nc2-c2ccc(OC(C)C)cc2)SC1=S. The van der Waals surface area contributed by atoms with Crippen molar-refractivity contribution in [1.82, 2.24) is 14.7 Å².